The Morgan fingerprint density at radius 3 is 2.48 bits per heavy atom. The molecule has 0 aliphatic carbocycles. The summed E-state index contributed by atoms with van der Waals surface area (Å²) in [5.74, 6) is 0.0971. The second kappa shape index (κ2) is 7.99. The molecule has 0 aromatic heterocycles. The lowest BCUT2D eigenvalue weighted by Gasteiger charge is -2.07. The predicted octanol–water partition coefficient (Wildman–Crippen LogP) is 4.14. The molecule has 2 nitrogen and oxygen atoms in total. The molecule has 0 radical (unpaired) electrons. The van der Waals surface area contributed by atoms with Crippen LogP contribution in [0.25, 0.3) is 0 Å². The molecule has 0 atom stereocenters. The summed E-state index contributed by atoms with van der Waals surface area (Å²) < 4.78 is 0. The third-order valence-corrected chi connectivity index (χ3v) is 4.04. The second-order valence-corrected chi connectivity index (χ2v) is 5.78. The number of hydrogen-bond donors (Lipinski definition) is 1. The van der Waals surface area contributed by atoms with Crippen LogP contribution < -0.4 is 5.32 Å². The lowest BCUT2D eigenvalue weighted by Crippen LogP contribution is -2.23. The summed E-state index contributed by atoms with van der Waals surface area (Å²) >= 11 is 3.44. The zero-order valence-corrected chi connectivity index (χ0v) is 13.8. The molecule has 0 fully saturated rings. The number of rotatable bonds is 6. The first-order valence-electron chi connectivity index (χ1n) is 7.13. The van der Waals surface area contributed by atoms with Gasteiger partial charge in [-0.25, -0.2) is 0 Å². The summed E-state index contributed by atoms with van der Waals surface area (Å²) in [5, 5.41) is 3.81. The standard InChI is InChI=1S/C18H20BrNO/c1-14-5-7-15(8-6-14)9-10-18(21)20-13-17-4-2-3-16(11-17)12-19/h2-8,11H,9-10,12-13H2,1H3,(H,20,21). The van der Waals surface area contributed by atoms with Crippen molar-refractivity contribution in [1.82, 2.24) is 5.32 Å². The summed E-state index contributed by atoms with van der Waals surface area (Å²) in [7, 11) is 0. The van der Waals surface area contributed by atoms with Crippen LogP contribution in [0, 0.1) is 6.92 Å². The first kappa shape index (κ1) is 15.8. The van der Waals surface area contributed by atoms with Crippen molar-refractivity contribution in [2.45, 2.75) is 31.6 Å². The van der Waals surface area contributed by atoms with Crippen LogP contribution in [-0.4, -0.2) is 5.91 Å². The van der Waals surface area contributed by atoms with Crippen LogP contribution in [0.1, 0.15) is 28.7 Å². The average Bonchev–Trinajstić information content (AvgIpc) is 2.52. The number of aryl methyl sites for hydroxylation is 2. The van der Waals surface area contributed by atoms with Crippen molar-refractivity contribution in [3.05, 3.63) is 70.8 Å². The van der Waals surface area contributed by atoms with E-state index in [-0.39, 0.29) is 5.91 Å². The number of alkyl halides is 1. The number of halogens is 1. The minimum Gasteiger partial charge on any atom is -0.352 e. The van der Waals surface area contributed by atoms with E-state index in [9.17, 15) is 4.79 Å². The van der Waals surface area contributed by atoms with Gasteiger partial charge in [0.15, 0.2) is 0 Å². The molecule has 21 heavy (non-hydrogen) atoms. The van der Waals surface area contributed by atoms with E-state index in [1.165, 1.54) is 16.7 Å². The first-order valence-corrected chi connectivity index (χ1v) is 8.25. The zero-order chi connectivity index (χ0) is 15.1. The Morgan fingerprint density at radius 1 is 1.05 bits per heavy atom. The molecule has 110 valence electrons. The van der Waals surface area contributed by atoms with E-state index >= 15 is 0 Å². The maximum atomic E-state index is 11.9. The van der Waals surface area contributed by atoms with Gasteiger partial charge in [-0.05, 0) is 30.0 Å². The predicted molar refractivity (Wildman–Crippen MR) is 90.4 cm³/mol. The Morgan fingerprint density at radius 2 is 1.76 bits per heavy atom. The fourth-order valence-electron chi connectivity index (χ4n) is 2.12. The van der Waals surface area contributed by atoms with Crippen LogP contribution in [0.2, 0.25) is 0 Å². The lowest BCUT2D eigenvalue weighted by molar-refractivity contribution is -0.121. The maximum Gasteiger partial charge on any atom is 0.220 e. The number of carbonyl (C=O) groups is 1. The van der Waals surface area contributed by atoms with Crippen molar-refractivity contribution in [1.29, 1.82) is 0 Å². The van der Waals surface area contributed by atoms with Gasteiger partial charge >= 0.3 is 0 Å². The number of benzene rings is 2. The van der Waals surface area contributed by atoms with E-state index in [1.54, 1.807) is 0 Å². The molecule has 0 saturated heterocycles. The summed E-state index contributed by atoms with van der Waals surface area (Å²) in [5.41, 5.74) is 4.81. The topological polar surface area (TPSA) is 29.1 Å². The van der Waals surface area contributed by atoms with E-state index in [2.05, 4.69) is 64.6 Å². The third-order valence-electron chi connectivity index (χ3n) is 3.40. The van der Waals surface area contributed by atoms with Gasteiger partial charge in [0.1, 0.15) is 0 Å². The van der Waals surface area contributed by atoms with Crippen molar-refractivity contribution >= 4 is 21.8 Å². The fourth-order valence-corrected chi connectivity index (χ4v) is 2.47. The molecule has 0 heterocycles. The molecular weight excluding hydrogens is 326 g/mol. The van der Waals surface area contributed by atoms with E-state index in [4.69, 9.17) is 0 Å². The highest BCUT2D eigenvalue weighted by molar-refractivity contribution is 9.08. The Bertz CT molecular complexity index is 592. The third kappa shape index (κ3) is 5.35. The number of nitrogens with one attached hydrogen (secondary N) is 1. The van der Waals surface area contributed by atoms with Crippen LogP contribution in [-0.2, 0) is 23.1 Å². The second-order valence-electron chi connectivity index (χ2n) is 5.22. The Kier molecular flexibility index (Phi) is 6.00. The minimum atomic E-state index is 0.0971. The van der Waals surface area contributed by atoms with Crippen LogP contribution in [0.4, 0.5) is 0 Å². The Labute approximate surface area is 134 Å². The van der Waals surface area contributed by atoms with Gasteiger partial charge in [-0.2, -0.15) is 0 Å². The quantitative estimate of drug-likeness (QED) is 0.783. The maximum absolute atomic E-state index is 11.9. The van der Waals surface area contributed by atoms with Gasteiger partial charge in [-0.3, -0.25) is 4.79 Å². The molecule has 2 aromatic carbocycles. The first-order chi connectivity index (χ1) is 10.2. The molecule has 0 aliphatic rings. The Balaban J connectivity index is 1.78. The fraction of sp³-hybridized carbons (Fsp3) is 0.278. The van der Waals surface area contributed by atoms with Gasteiger partial charge in [0, 0.05) is 18.3 Å². The number of amides is 1. The molecule has 2 aromatic rings. The molecule has 0 spiro atoms. The van der Waals surface area contributed by atoms with Gasteiger partial charge < -0.3 is 5.32 Å². The average molecular weight is 346 g/mol. The van der Waals surface area contributed by atoms with E-state index in [0.717, 1.165) is 17.3 Å². The largest absolute Gasteiger partial charge is 0.352 e. The summed E-state index contributed by atoms with van der Waals surface area (Å²) in [6.45, 7) is 2.66. The van der Waals surface area contributed by atoms with Crippen molar-refractivity contribution in [3.8, 4) is 0 Å². The molecule has 2 rings (SSSR count). The molecule has 0 bridgehead atoms. The van der Waals surface area contributed by atoms with E-state index in [0.29, 0.717) is 13.0 Å². The van der Waals surface area contributed by atoms with Crippen molar-refractivity contribution < 1.29 is 4.79 Å². The van der Waals surface area contributed by atoms with Crippen LogP contribution in [0.15, 0.2) is 48.5 Å². The highest BCUT2D eigenvalue weighted by Gasteiger charge is 2.03. The highest BCUT2D eigenvalue weighted by Crippen LogP contribution is 2.09. The van der Waals surface area contributed by atoms with Crippen LogP contribution >= 0.6 is 15.9 Å². The minimum absolute atomic E-state index is 0.0971. The molecule has 0 aliphatic heterocycles. The Hall–Kier alpha value is -1.61. The van der Waals surface area contributed by atoms with Crippen molar-refractivity contribution in [2.24, 2.45) is 0 Å². The summed E-state index contributed by atoms with van der Waals surface area (Å²) in [6, 6.07) is 16.6. The number of carbonyl (C=O) groups excluding carboxylic acids is 1. The smallest absolute Gasteiger partial charge is 0.220 e. The SMILES string of the molecule is Cc1ccc(CCC(=O)NCc2cccc(CBr)c2)cc1. The highest BCUT2D eigenvalue weighted by atomic mass is 79.9. The molecule has 1 amide bonds. The molecule has 0 unspecified atom stereocenters. The van der Waals surface area contributed by atoms with E-state index in [1.807, 2.05) is 12.1 Å². The van der Waals surface area contributed by atoms with Gasteiger partial charge in [-0.15, -0.1) is 0 Å². The van der Waals surface area contributed by atoms with Crippen molar-refractivity contribution in [3.63, 3.8) is 0 Å². The normalized spacial score (nSPS) is 10.4. The lowest BCUT2D eigenvalue weighted by atomic mass is 10.1. The van der Waals surface area contributed by atoms with Crippen molar-refractivity contribution in [2.75, 3.05) is 0 Å². The van der Waals surface area contributed by atoms with Gasteiger partial charge in [-0.1, -0.05) is 70.0 Å². The molecule has 0 saturated carbocycles. The van der Waals surface area contributed by atoms with Gasteiger partial charge in [0.05, 0.1) is 0 Å². The number of hydrogen-bond acceptors (Lipinski definition) is 1. The molecule has 1 N–H and O–H groups in total. The van der Waals surface area contributed by atoms with Gasteiger partial charge in [0.25, 0.3) is 0 Å². The van der Waals surface area contributed by atoms with Crippen LogP contribution in [0.3, 0.4) is 0 Å². The summed E-state index contributed by atoms with van der Waals surface area (Å²) in [4.78, 5) is 11.9. The molecule has 3 heteroatoms. The monoisotopic (exact) mass is 345 g/mol. The van der Waals surface area contributed by atoms with Crippen LogP contribution in [0.5, 0.6) is 0 Å². The zero-order valence-electron chi connectivity index (χ0n) is 12.2. The summed E-state index contributed by atoms with van der Waals surface area (Å²) in [6.07, 6.45) is 1.31. The van der Waals surface area contributed by atoms with Gasteiger partial charge in [0.2, 0.25) is 5.91 Å². The van der Waals surface area contributed by atoms with E-state index < -0.39 is 0 Å². The molecular formula is C18H20BrNO.